The molecule has 0 spiro atoms. The van der Waals surface area contributed by atoms with Gasteiger partial charge < -0.3 is 19.7 Å². The van der Waals surface area contributed by atoms with E-state index in [9.17, 15) is 36.8 Å². The van der Waals surface area contributed by atoms with E-state index in [0.717, 1.165) is 38.5 Å². The first-order valence-corrected chi connectivity index (χ1v) is 21.1. The van der Waals surface area contributed by atoms with E-state index >= 15 is 0 Å². The zero-order chi connectivity index (χ0) is 38.7. The summed E-state index contributed by atoms with van der Waals surface area (Å²) in [6, 6.07) is 3.43. The van der Waals surface area contributed by atoms with Crippen LogP contribution in [0.5, 0.6) is 0 Å². The number of carbonyl (C=O) groups is 5. The van der Waals surface area contributed by atoms with Gasteiger partial charge in [-0.05, 0) is 88.0 Å². The van der Waals surface area contributed by atoms with Crippen molar-refractivity contribution in [1.29, 1.82) is 0 Å². The van der Waals surface area contributed by atoms with Gasteiger partial charge in [-0.25, -0.2) is 13.9 Å². The van der Waals surface area contributed by atoms with Gasteiger partial charge in [0.25, 0.3) is 5.91 Å². The van der Waals surface area contributed by atoms with Crippen molar-refractivity contribution in [1.82, 2.24) is 24.1 Å². The quantitative estimate of drug-likeness (QED) is 0.309. The van der Waals surface area contributed by atoms with E-state index in [-0.39, 0.29) is 58.1 Å². The Hall–Kier alpha value is -4.27. The van der Waals surface area contributed by atoms with E-state index in [1.165, 1.54) is 20.2 Å². The lowest BCUT2D eigenvalue weighted by Gasteiger charge is -2.29. The molecule has 0 bridgehead atoms. The highest BCUT2D eigenvalue weighted by atomic mass is 32.2. The minimum absolute atomic E-state index is 0.00657. The molecule has 1 aromatic rings. The molecule has 4 amide bonds. The molecule has 4 fully saturated rings. The number of carbonyl (C=O) groups excluding carboxylic acids is 5. The molecule has 4 aliphatic heterocycles. The topological polar surface area (TPSA) is 172 Å². The third kappa shape index (κ3) is 8.76. The molecule has 2 saturated carbocycles. The summed E-state index contributed by atoms with van der Waals surface area (Å²) in [5.41, 5.74) is 2.54. The largest absolute Gasteiger partial charge is 0.462 e. The molecule has 2 N–H and O–H groups in total. The molecule has 0 aromatic heterocycles. The van der Waals surface area contributed by atoms with Gasteiger partial charge in [0.05, 0.1) is 19.5 Å². The lowest BCUT2D eigenvalue weighted by molar-refractivity contribution is -0.154. The molecule has 6 aliphatic rings. The molecule has 14 nitrogen and oxygen atoms in total. The number of nitrogens with zero attached hydrogens (tertiary/aromatic N) is 3. The first-order chi connectivity index (χ1) is 26.4. The second-order valence-electron chi connectivity index (χ2n) is 15.8. The van der Waals surface area contributed by atoms with E-state index in [0.29, 0.717) is 43.2 Å². The number of amides is 4. The van der Waals surface area contributed by atoms with Gasteiger partial charge in [0, 0.05) is 43.5 Å². The van der Waals surface area contributed by atoms with Crippen molar-refractivity contribution in [2.75, 3.05) is 19.6 Å². The van der Waals surface area contributed by atoms with Crippen LogP contribution in [0.4, 0.5) is 9.18 Å². The van der Waals surface area contributed by atoms with Gasteiger partial charge in [-0.15, -0.1) is 5.73 Å². The molecule has 2 saturated heterocycles. The molecule has 16 heteroatoms. The first kappa shape index (κ1) is 39.0. The fraction of sp³-hybridized carbons (Fsp3) is 0.641. The number of nitrogens with one attached hydrogen (secondary N) is 2. The Morgan fingerprint density at radius 2 is 1.73 bits per heavy atom. The van der Waals surface area contributed by atoms with Crippen LogP contribution in [0.1, 0.15) is 101 Å². The van der Waals surface area contributed by atoms with Gasteiger partial charge in [-0.1, -0.05) is 25.0 Å². The van der Waals surface area contributed by atoms with Gasteiger partial charge in [-0.3, -0.25) is 24.1 Å². The fourth-order valence-corrected chi connectivity index (χ4v) is 9.91. The molecule has 1 aromatic carbocycles. The Morgan fingerprint density at radius 3 is 2.49 bits per heavy atom. The van der Waals surface area contributed by atoms with E-state index in [4.69, 9.17) is 9.47 Å². The van der Waals surface area contributed by atoms with Gasteiger partial charge >= 0.3 is 22.3 Å². The van der Waals surface area contributed by atoms with Gasteiger partial charge in [0.15, 0.2) is 0 Å². The van der Waals surface area contributed by atoms with Crippen LogP contribution >= 0.6 is 0 Å². The lowest BCUT2D eigenvalue weighted by atomic mass is 9.95. The summed E-state index contributed by atoms with van der Waals surface area (Å²) < 4.78 is 55.8. The minimum Gasteiger partial charge on any atom is -0.462 e. The third-order valence-electron chi connectivity index (χ3n) is 11.9. The monoisotopic (exact) mass is 783 g/mol. The van der Waals surface area contributed by atoms with Crippen molar-refractivity contribution < 1.29 is 46.3 Å². The second-order valence-corrected chi connectivity index (χ2v) is 17.4. The highest BCUT2D eigenvalue weighted by Gasteiger charge is 2.62. The van der Waals surface area contributed by atoms with Crippen LogP contribution in [0, 0.1) is 17.7 Å². The number of hydrogen-bond acceptors (Lipinski definition) is 9. The zero-order valence-electron chi connectivity index (χ0n) is 31.0. The number of halogens is 1. The molecule has 298 valence electrons. The predicted octanol–water partition coefficient (Wildman–Crippen LogP) is 3.75. The molecule has 2 aliphatic carbocycles. The highest BCUT2D eigenvalue weighted by Crippen LogP contribution is 2.45. The van der Waals surface area contributed by atoms with E-state index in [1.807, 2.05) is 6.08 Å². The van der Waals surface area contributed by atoms with E-state index < -0.39 is 75.3 Å². The van der Waals surface area contributed by atoms with Crippen LogP contribution in [-0.4, -0.2) is 95.7 Å². The summed E-state index contributed by atoms with van der Waals surface area (Å²) in [5.74, 6) is -4.34. The maximum absolute atomic E-state index is 14.5. The summed E-state index contributed by atoms with van der Waals surface area (Å²) in [6.45, 7) is 0.549. The smallest absolute Gasteiger partial charge is 0.410 e. The van der Waals surface area contributed by atoms with Crippen LogP contribution in [0.2, 0.25) is 0 Å². The van der Waals surface area contributed by atoms with Crippen molar-refractivity contribution in [2.45, 2.75) is 127 Å². The third-order valence-corrected chi connectivity index (χ3v) is 13.4. The number of ether oxygens (including phenoxy) is 2. The molecule has 0 unspecified atom stereocenters. The summed E-state index contributed by atoms with van der Waals surface area (Å²) in [7, 11) is -4.17. The van der Waals surface area contributed by atoms with Crippen molar-refractivity contribution in [2.24, 2.45) is 11.8 Å². The van der Waals surface area contributed by atoms with Crippen LogP contribution in [0.25, 0.3) is 0 Å². The number of fused-ring (bicyclic) bond motifs is 3. The number of esters is 1. The van der Waals surface area contributed by atoms with Gasteiger partial charge in [-0.2, -0.15) is 12.7 Å². The zero-order valence-corrected chi connectivity index (χ0v) is 31.8. The Balaban J connectivity index is 1.13. The Kier molecular flexibility index (Phi) is 11.7. The maximum Gasteiger partial charge on any atom is 0.410 e. The van der Waals surface area contributed by atoms with Gasteiger partial charge in [0.1, 0.15) is 29.6 Å². The van der Waals surface area contributed by atoms with E-state index in [2.05, 4.69) is 15.8 Å². The second kappa shape index (κ2) is 16.4. The molecule has 4 heterocycles. The van der Waals surface area contributed by atoms with E-state index in [1.54, 1.807) is 18.2 Å². The van der Waals surface area contributed by atoms with Crippen LogP contribution in [0.3, 0.4) is 0 Å². The molecule has 0 radical (unpaired) electrons. The summed E-state index contributed by atoms with van der Waals surface area (Å²) in [6.07, 6.45) is 9.58. The molecule has 5 atom stereocenters. The Morgan fingerprint density at radius 1 is 0.964 bits per heavy atom. The first-order valence-electron chi connectivity index (χ1n) is 19.7. The Labute approximate surface area is 321 Å². The normalized spacial score (nSPS) is 29.0. The SMILES string of the molecule is O=C(C[C@H]1CCCCCC=C=C[C@@H]2C[C@@]2(C(=O)NS(=O)(=O)N2CCCC2)NC(=O)[C@@H]2C[C@@H](OC(=O)N3Cc4cccc(F)c4C3)CN2C1=O)OC1CCCC1. The predicted molar refractivity (Wildman–Crippen MR) is 195 cm³/mol. The number of hydrogen-bond donors (Lipinski definition) is 2. The van der Waals surface area contributed by atoms with Crippen LogP contribution in [-0.2, 0) is 52.0 Å². The summed E-state index contributed by atoms with van der Waals surface area (Å²) in [5, 5.41) is 2.81. The average Bonchev–Trinajstić information content (AvgIpc) is 3.80. The number of rotatable bonds is 7. The number of benzene rings is 1. The molecular weight excluding hydrogens is 734 g/mol. The maximum atomic E-state index is 14.5. The summed E-state index contributed by atoms with van der Waals surface area (Å²) in [4.78, 5) is 72.0. The molecular formula is C39H50FN5O9S. The van der Waals surface area contributed by atoms with Crippen molar-refractivity contribution in [3.8, 4) is 0 Å². The van der Waals surface area contributed by atoms with Crippen LogP contribution < -0.4 is 10.0 Å². The summed E-state index contributed by atoms with van der Waals surface area (Å²) >= 11 is 0. The van der Waals surface area contributed by atoms with Crippen LogP contribution in [0.15, 0.2) is 36.1 Å². The minimum atomic E-state index is -4.17. The van der Waals surface area contributed by atoms with Crippen molar-refractivity contribution in [3.05, 3.63) is 53.0 Å². The highest BCUT2D eigenvalue weighted by molar-refractivity contribution is 7.87. The standard InChI is InChI=1S/C39H50FN5O9S/c40-32-17-11-13-27-23-43(25-31(27)32)38(50)54-30-21-33-35(47)41-39(37(49)42-55(51,52)44-18-9-10-19-44)22-28(39)14-6-4-2-1-3-5-12-26(36(48)45(33)24-30)20-34(46)53-29-15-7-8-16-29/h4,11,13-14,17,26,28-30,33H,1-3,5,7-10,12,15-16,18-25H2,(H,41,47)(H,42,49)/t6?,26-,28-,30-,33+,39-/m1/s1. The molecule has 55 heavy (non-hydrogen) atoms. The lowest BCUT2D eigenvalue weighted by Crippen LogP contribution is -2.58. The molecule has 7 rings (SSSR count). The Bertz CT molecular complexity index is 1860. The average molecular weight is 784 g/mol. The van der Waals surface area contributed by atoms with Crippen molar-refractivity contribution >= 4 is 40.0 Å². The fourth-order valence-electron chi connectivity index (χ4n) is 8.63. The van der Waals surface area contributed by atoms with Gasteiger partial charge in [0.2, 0.25) is 11.8 Å². The van der Waals surface area contributed by atoms with Crippen molar-refractivity contribution in [3.63, 3.8) is 0 Å².